The second kappa shape index (κ2) is 10.9. The normalized spacial score (nSPS) is 12.4. The lowest BCUT2D eigenvalue weighted by Crippen LogP contribution is -2.28. The molecule has 0 aromatic carbocycles. The van der Waals surface area contributed by atoms with E-state index in [2.05, 4.69) is 17.0 Å². The lowest BCUT2D eigenvalue weighted by Gasteiger charge is -2.12. The molecule has 4 heteroatoms. The lowest BCUT2D eigenvalue weighted by molar-refractivity contribution is -0.140. The molecule has 0 saturated carbocycles. The summed E-state index contributed by atoms with van der Waals surface area (Å²) in [7, 11) is 1.43. The zero-order chi connectivity index (χ0) is 12.2. The fourth-order valence-electron chi connectivity index (χ4n) is 1.59. The maximum Gasteiger partial charge on any atom is 0.305 e. The van der Waals surface area contributed by atoms with E-state index in [9.17, 15) is 4.79 Å². The van der Waals surface area contributed by atoms with Gasteiger partial charge in [0.2, 0.25) is 0 Å². The van der Waals surface area contributed by atoms with E-state index in [0.29, 0.717) is 19.0 Å². The maximum atomic E-state index is 10.8. The number of carbonyl (C=O) groups is 1. The first-order valence-corrected chi connectivity index (χ1v) is 6.11. The number of ether oxygens (including phenoxy) is 1. The Morgan fingerprint density at radius 1 is 1.31 bits per heavy atom. The molecule has 96 valence electrons. The highest BCUT2D eigenvalue weighted by atomic mass is 16.5. The average Bonchev–Trinajstić information content (AvgIpc) is 2.30. The highest BCUT2D eigenvalue weighted by Gasteiger charge is 2.01. The van der Waals surface area contributed by atoms with Crippen molar-refractivity contribution in [2.75, 3.05) is 20.3 Å². The number of methoxy groups -OCH3 is 1. The van der Waals surface area contributed by atoms with Crippen molar-refractivity contribution >= 4 is 5.97 Å². The van der Waals surface area contributed by atoms with E-state index in [4.69, 9.17) is 5.11 Å². The van der Waals surface area contributed by atoms with Crippen molar-refractivity contribution in [3.05, 3.63) is 0 Å². The highest BCUT2D eigenvalue weighted by Crippen LogP contribution is 2.07. The molecule has 0 heterocycles. The molecule has 0 aliphatic heterocycles. The Hall–Kier alpha value is -0.610. The minimum absolute atomic E-state index is 0.113. The predicted octanol–water partition coefficient (Wildman–Crippen LogP) is 1.47. The Morgan fingerprint density at radius 3 is 2.62 bits per heavy atom. The molecule has 0 rings (SSSR count). The molecular formula is C12H25NO3. The third-order valence-electron chi connectivity index (χ3n) is 2.60. The third kappa shape index (κ3) is 9.93. The van der Waals surface area contributed by atoms with Gasteiger partial charge < -0.3 is 15.2 Å². The molecule has 1 atom stereocenters. The third-order valence-corrected chi connectivity index (χ3v) is 2.60. The predicted molar refractivity (Wildman–Crippen MR) is 64.3 cm³/mol. The molecule has 2 N–H and O–H groups in total. The van der Waals surface area contributed by atoms with Gasteiger partial charge in [0, 0.05) is 19.0 Å². The molecule has 0 aromatic heterocycles. The van der Waals surface area contributed by atoms with Crippen LogP contribution >= 0.6 is 0 Å². The maximum absolute atomic E-state index is 10.8. The number of aliphatic hydroxyl groups is 1. The fraction of sp³-hybridized carbons (Fsp3) is 0.917. The average molecular weight is 231 g/mol. The Balaban J connectivity index is 3.17. The van der Waals surface area contributed by atoms with Crippen LogP contribution < -0.4 is 5.32 Å². The smallest absolute Gasteiger partial charge is 0.305 e. The van der Waals surface area contributed by atoms with Crippen molar-refractivity contribution in [1.82, 2.24) is 5.32 Å². The van der Waals surface area contributed by atoms with Crippen molar-refractivity contribution in [3.63, 3.8) is 0 Å². The number of esters is 1. The van der Waals surface area contributed by atoms with E-state index in [0.717, 1.165) is 25.7 Å². The van der Waals surface area contributed by atoms with E-state index in [1.54, 1.807) is 0 Å². The summed E-state index contributed by atoms with van der Waals surface area (Å²) in [5, 5.41) is 11.9. The van der Waals surface area contributed by atoms with Gasteiger partial charge in [-0.3, -0.25) is 4.79 Å². The van der Waals surface area contributed by atoms with Crippen LogP contribution in [0.1, 0.15) is 45.4 Å². The van der Waals surface area contributed by atoms with Gasteiger partial charge in [0.15, 0.2) is 0 Å². The summed E-state index contributed by atoms with van der Waals surface area (Å²) >= 11 is 0. The van der Waals surface area contributed by atoms with E-state index in [-0.39, 0.29) is 12.6 Å². The van der Waals surface area contributed by atoms with Gasteiger partial charge in [-0.1, -0.05) is 19.3 Å². The number of hydrogen-bond acceptors (Lipinski definition) is 4. The van der Waals surface area contributed by atoms with Crippen LogP contribution in [0.4, 0.5) is 0 Å². The van der Waals surface area contributed by atoms with Gasteiger partial charge in [-0.2, -0.15) is 0 Å². The molecular weight excluding hydrogens is 206 g/mol. The number of hydrogen-bond donors (Lipinski definition) is 2. The first-order chi connectivity index (χ1) is 7.70. The van der Waals surface area contributed by atoms with Crippen LogP contribution in [-0.4, -0.2) is 37.4 Å². The number of carbonyl (C=O) groups excluding carboxylic acids is 1. The monoisotopic (exact) mass is 231 g/mol. The zero-order valence-corrected chi connectivity index (χ0v) is 10.5. The Morgan fingerprint density at radius 2 is 2.00 bits per heavy atom. The first kappa shape index (κ1) is 15.4. The van der Waals surface area contributed by atoms with Crippen molar-refractivity contribution in [2.45, 2.75) is 51.5 Å². The van der Waals surface area contributed by atoms with Crippen LogP contribution in [0, 0.1) is 0 Å². The summed E-state index contributed by atoms with van der Waals surface area (Å²) in [6, 6.07) is 0.466. The van der Waals surface area contributed by atoms with Crippen molar-refractivity contribution in [2.24, 2.45) is 0 Å². The van der Waals surface area contributed by atoms with Gasteiger partial charge in [-0.15, -0.1) is 0 Å². The lowest BCUT2D eigenvalue weighted by atomic mass is 10.1. The molecule has 0 radical (unpaired) electrons. The van der Waals surface area contributed by atoms with Gasteiger partial charge in [0.05, 0.1) is 13.7 Å². The first-order valence-electron chi connectivity index (χ1n) is 6.11. The number of rotatable bonds is 10. The van der Waals surface area contributed by atoms with Crippen molar-refractivity contribution < 1.29 is 14.6 Å². The number of aliphatic hydroxyl groups excluding tert-OH is 1. The van der Waals surface area contributed by atoms with Crippen LogP contribution in [0.2, 0.25) is 0 Å². The number of nitrogens with one attached hydrogen (secondary N) is 1. The molecule has 0 bridgehead atoms. The SMILES string of the molecule is COC(=O)CCCCCCC(C)NCCO. The molecule has 0 aliphatic rings. The molecule has 0 amide bonds. The molecule has 1 unspecified atom stereocenters. The number of unbranched alkanes of at least 4 members (excludes halogenated alkanes) is 3. The van der Waals surface area contributed by atoms with Gasteiger partial charge in [0.25, 0.3) is 0 Å². The molecule has 4 nitrogen and oxygen atoms in total. The van der Waals surface area contributed by atoms with Crippen LogP contribution in [0.3, 0.4) is 0 Å². The Bertz CT molecular complexity index is 174. The van der Waals surface area contributed by atoms with Crippen LogP contribution in [0.5, 0.6) is 0 Å². The zero-order valence-electron chi connectivity index (χ0n) is 10.5. The quantitative estimate of drug-likeness (QED) is 0.441. The van der Waals surface area contributed by atoms with Crippen LogP contribution in [0.15, 0.2) is 0 Å². The van der Waals surface area contributed by atoms with Crippen LogP contribution in [0.25, 0.3) is 0 Å². The Labute approximate surface area is 98.4 Å². The minimum atomic E-state index is -0.113. The molecule has 0 fully saturated rings. The minimum Gasteiger partial charge on any atom is -0.469 e. The second-order valence-electron chi connectivity index (χ2n) is 4.11. The standard InChI is InChI=1S/C12H25NO3/c1-11(13-9-10-14)7-5-3-4-6-8-12(15)16-2/h11,13-14H,3-10H2,1-2H3. The summed E-state index contributed by atoms with van der Waals surface area (Å²) in [6.45, 7) is 3.00. The van der Waals surface area contributed by atoms with Crippen molar-refractivity contribution in [1.29, 1.82) is 0 Å². The van der Waals surface area contributed by atoms with Crippen molar-refractivity contribution in [3.8, 4) is 0 Å². The van der Waals surface area contributed by atoms with E-state index < -0.39 is 0 Å². The van der Waals surface area contributed by atoms with Gasteiger partial charge >= 0.3 is 5.97 Å². The van der Waals surface area contributed by atoms with E-state index >= 15 is 0 Å². The van der Waals surface area contributed by atoms with Crippen LogP contribution in [-0.2, 0) is 9.53 Å². The second-order valence-corrected chi connectivity index (χ2v) is 4.11. The summed E-state index contributed by atoms with van der Waals surface area (Å²) in [5.74, 6) is -0.113. The highest BCUT2D eigenvalue weighted by molar-refractivity contribution is 5.68. The van der Waals surface area contributed by atoms with Gasteiger partial charge in [-0.05, 0) is 19.8 Å². The molecule has 0 aliphatic carbocycles. The van der Waals surface area contributed by atoms with E-state index in [1.807, 2.05) is 0 Å². The Kier molecular flexibility index (Phi) is 10.5. The summed E-state index contributed by atoms with van der Waals surface area (Å²) in [4.78, 5) is 10.8. The molecule has 16 heavy (non-hydrogen) atoms. The summed E-state index contributed by atoms with van der Waals surface area (Å²) in [6.07, 6.45) is 5.99. The largest absolute Gasteiger partial charge is 0.469 e. The summed E-state index contributed by atoms with van der Waals surface area (Å²) < 4.78 is 4.57. The fourth-order valence-corrected chi connectivity index (χ4v) is 1.59. The topological polar surface area (TPSA) is 58.6 Å². The van der Waals surface area contributed by atoms with Gasteiger partial charge in [-0.25, -0.2) is 0 Å². The molecule has 0 saturated heterocycles. The van der Waals surface area contributed by atoms with Gasteiger partial charge in [0.1, 0.15) is 0 Å². The summed E-state index contributed by atoms with van der Waals surface area (Å²) in [5.41, 5.74) is 0. The van der Waals surface area contributed by atoms with E-state index in [1.165, 1.54) is 13.5 Å². The molecule has 0 spiro atoms. The molecule has 0 aromatic rings.